The van der Waals surface area contributed by atoms with E-state index in [1.54, 1.807) is 12.1 Å². The Hall–Kier alpha value is -1.95. The van der Waals surface area contributed by atoms with Crippen molar-refractivity contribution in [1.82, 2.24) is 15.5 Å². The Kier molecular flexibility index (Phi) is 5.06. The molecule has 2 N–H and O–H groups in total. The summed E-state index contributed by atoms with van der Waals surface area (Å²) in [6.07, 6.45) is 0.891. The summed E-state index contributed by atoms with van der Waals surface area (Å²) in [4.78, 5) is 11.7. The first-order chi connectivity index (χ1) is 9.69. The second-order valence-electron chi connectivity index (χ2n) is 4.19. The molecule has 0 aliphatic heterocycles. The maximum absolute atomic E-state index is 11.7. The maximum atomic E-state index is 11.7. The third-order valence-corrected chi connectivity index (χ3v) is 3.08. The summed E-state index contributed by atoms with van der Waals surface area (Å²) in [5, 5.41) is 13.8. The van der Waals surface area contributed by atoms with Gasteiger partial charge in [-0.1, -0.05) is 22.9 Å². The van der Waals surface area contributed by atoms with Gasteiger partial charge in [-0.05, 0) is 42.8 Å². The number of amides is 1. The number of hydrogen-bond donors (Lipinski definition) is 2. The normalized spacial score (nSPS) is 10.1. The minimum absolute atomic E-state index is 0.199. The van der Waals surface area contributed by atoms with E-state index in [1.165, 1.54) is 0 Å². The number of rotatable bonds is 5. The molecule has 1 heterocycles. The predicted molar refractivity (Wildman–Crippen MR) is 82.1 cm³/mol. The fourth-order valence-corrected chi connectivity index (χ4v) is 1.79. The number of hydrogen-bond acceptors (Lipinski definition) is 4. The van der Waals surface area contributed by atoms with Crippen LogP contribution in [0.5, 0.6) is 0 Å². The molecule has 104 valence electrons. The summed E-state index contributed by atoms with van der Waals surface area (Å²) in [5.41, 5.74) is 1.23. The molecule has 2 aromatic rings. The van der Waals surface area contributed by atoms with Crippen LogP contribution in [0.3, 0.4) is 0 Å². The average Bonchev–Trinajstić information content (AvgIpc) is 2.48. The highest BCUT2D eigenvalue weighted by Gasteiger charge is 2.07. The Labute approximate surface area is 125 Å². The zero-order chi connectivity index (χ0) is 14.4. The maximum Gasteiger partial charge on any atom is 0.271 e. The van der Waals surface area contributed by atoms with Gasteiger partial charge in [0.15, 0.2) is 11.5 Å². The molecule has 1 amide bonds. The van der Waals surface area contributed by atoms with Crippen molar-refractivity contribution in [2.75, 3.05) is 11.9 Å². The number of nitrogens with zero attached hydrogens (tertiary/aromatic N) is 2. The molecule has 0 aliphatic rings. The number of benzene rings is 1. The first-order valence-electron chi connectivity index (χ1n) is 6.33. The number of nitrogens with one attached hydrogen (secondary N) is 2. The van der Waals surface area contributed by atoms with Crippen LogP contribution in [0.25, 0.3) is 0 Å². The minimum Gasteiger partial charge on any atom is -0.351 e. The number of carbonyl (C=O) groups excluding carboxylic acids is 1. The highest BCUT2D eigenvalue weighted by Crippen LogP contribution is 2.17. The second-order valence-corrected chi connectivity index (χ2v) is 5.11. The smallest absolute Gasteiger partial charge is 0.271 e. The van der Waals surface area contributed by atoms with Gasteiger partial charge < -0.3 is 10.6 Å². The fraction of sp³-hybridized carbons (Fsp3) is 0.214. The Morgan fingerprint density at radius 2 is 1.90 bits per heavy atom. The lowest BCUT2D eigenvalue weighted by Crippen LogP contribution is -2.25. The summed E-state index contributed by atoms with van der Waals surface area (Å²) >= 11 is 3.38. The molecule has 0 unspecified atom stereocenters. The molecule has 20 heavy (non-hydrogen) atoms. The van der Waals surface area contributed by atoms with Crippen LogP contribution in [0.4, 0.5) is 11.5 Å². The molecule has 0 saturated carbocycles. The van der Waals surface area contributed by atoms with Gasteiger partial charge in [0.25, 0.3) is 5.91 Å². The molecule has 2 rings (SSSR count). The minimum atomic E-state index is -0.199. The zero-order valence-corrected chi connectivity index (χ0v) is 12.6. The third kappa shape index (κ3) is 4.03. The monoisotopic (exact) mass is 334 g/mol. The third-order valence-electron chi connectivity index (χ3n) is 2.55. The van der Waals surface area contributed by atoms with E-state index >= 15 is 0 Å². The van der Waals surface area contributed by atoms with E-state index in [0.717, 1.165) is 16.6 Å². The van der Waals surface area contributed by atoms with Crippen molar-refractivity contribution in [2.24, 2.45) is 0 Å². The van der Waals surface area contributed by atoms with Crippen molar-refractivity contribution < 1.29 is 4.79 Å². The van der Waals surface area contributed by atoms with E-state index in [-0.39, 0.29) is 5.91 Å². The van der Waals surface area contributed by atoms with Crippen molar-refractivity contribution in [3.8, 4) is 0 Å². The van der Waals surface area contributed by atoms with Crippen molar-refractivity contribution in [1.29, 1.82) is 0 Å². The molecule has 1 aromatic heterocycles. The second kappa shape index (κ2) is 7.00. The SMILES string of the molecule is CCCNC(=O)c1ccc(Nc2ccc(Br)cc2)nn1. The molecule has 0 spiro atoms. The quantitative estimate of drug-likeness (QED) is 0.881. The molecule has 0 fully saturated rings. The van der Waals surface area contributed by atoms with E-state index in [2.05, 4.69) is 36.8 Å². The summed E-state index contributed by atoms with van der Waals surface area (Å²) in [6.45, 7) is 2.64. The van der Waals surface area contributed by atoms with E-state index in [4.69, 9.17) is 0 Å². The van der Waals surface area contributed by atoms with Crippen LogP contribution in [0.15, 0.2) is 40.9 Å². The number of aromatic nitrogens is 2. The highest BCUT2D eigenvalue weighted by molar-refractivity contribution is 9.10. The number of anilines is 2. The van der Waals surface area contributed by atoms with Crippen LogP contribution in [-0.4, -0.2) is 22.6 Å². The molecular weight excluding hydrogens is 320 g/mol. The van der Waals surface area contributed by atoms with Gasteiger partial charge in [-0.25, -0.2) is 0 Å². The topological polar surface area (TPSA) is 66.9 Å². The molecule has 0 aliphatic carbocycles. The first kappa shape index (κ1) is 14.5. The Balaban J connectivity index is 2.01. The van der Waals surface area contributed by atoms with Gasteiger partial charge in [0, 0.05) is 16.7 Å². The van der Waals surface area contributed by atoms with Gasteiger partial charge in [-0.15, -0.1) is 10.2 Å². The van der Waals surface area contributed by atoms with E-state index in [0.29, 0.717) is 18.1 Å². The fourth-order valence-electron chi connectivity index (χ4n) is 1.53. The number of halogens is 1. The zero-order valence-electron chi connectivity index (χ0n) is 11.1. The van der Waals surface area contributed by atoms with Crippen molar-refractivity contribution >= 4 is 33.3 Å². The van der Waals surface area contributed by atoms with Gasteiger partial charge in [0.1, 0.15) is 0 Å². The summed E-state index contributed by atoms with van der Waals surface area (Å²) < 4.78 is 1.01. The molecule has 5 nitrogen and oxygen atoms in total. The first-order valence-corrected chi connectivity index (χ1v) is 7.13. The Morgan fingerprint density at radius 1 is 1.15 bits per heavy atom. The van der Waals surface area contributed by atoms with Crippen LogP contribution in [0, 0.1) is 0 Å². The van der Waals surface area contributed by atoms with Gasteiger partial charge in [-0.2, -0.15) is 0 Å². The van der Waals surface area contributed by atoms with Gasteiger partial charge >= 0.3 is 0 Å². The standard InChI is InChI=1S/C14H15BrN4O/c1-2-9-16-14(20)12-7-8-13(19-18-12)17-11-5-3-10(15)4-6-11/h3-8H,2,9H2,1H3,(H,16,20)(H,17,19). The van der Waals surface area contributed by atoms with Crippen molar-refractivity contribution in [2.45, 2.75) is 13.3 Å². The lowest BCUT2D eigenvalue weighted by atomic mass is 10.3. The molecule has 0 radical (unpaired) electrons. The predicted octanol–water partition coefficient (Wildman–Crippen LogP) is 3.12. The van der Waals surface area contributed by atoms with Gasteiger partial charge in [-0.3, -0.25) is 4.79 Å². The molecule has 0 atom stereocenters. The van der Waals surface area contributed by atoms with Crippen LogP contribution >= 0.6 is 15.9 Å². The van der Waals surface area contributed by atoms with Crippen molar-refractivity contribution in [3.63, 3.8) is 0 Å². The summed E-state index contributed by atoms with van der Waals surface area (Å²) in [5.74, 6) is 0.397. The summed E-state index contributed by atoms with van der Waals surface area (Å²) in [6, 6.07) is 11.1. The molecular formula is C14H15BrN4O. The Bertz CT molecular complexity index is 569. The lowest BCUT2D eigenvalue weighted by Gasteiger charge is -2.06. The lowest BCUT2D eigenvalue weighted by molar-refractivity contribution is 0.0947. The van der Waals surface area contributed by atoms with E-state index in [9.17, 15) is 4.79 Å². The van der Waals surface area contributed by atoms with Crippen LogP contribution in [0.2, 0.25) is 0 Å². The average molecular weight is 335 g/mol. The highest BCUT2D eigenvalue weighted by atomic mass is 79.9. The van der Waals surface area contributed by atoms with E-state index in [1.807, 2.05) is 31.2 Å². The largest absolute Gasteiger partial charge is 0.351 e. The number of carbonyl (C=O) groups is 1. The molecule has 6 heteroatoms. The van der Waals surface area contributed by atoms with Crippen LogP contribution in [-0.2, 0) is 0 Å². The summed E-state index contributed by atoms with van der Waals surface area (Å²) in [7, 11) is 0. The van der Waals surface area contributed by atoms with Crippen LogP contribution < -0.4 is 10.6 Å². The van der Waals surface area contributed by atoms with Gasteiger partial charge in [0.05, 0.1) is 0 Å². The van der Waals surface area contributed by atoms with Crippen LogP contribution in [0.1, 0.15) is 23.8 Å². The van der Waals surface area contributed by atoms with Gasteiger partial charge in [0.2, 0.25) is 0 Å². The molecule has 0 bridgehead atoms. The molecule has 1 aromatic carbocycles. The molecule has 0 saturated heterocycles. The van der Waals surface area contributed by atoms with E-state index < -0.39 is 0 Å². The Morgan fingerprint density at radius 3 is 2.50 bits per heavy atom. The van der Waals surface area contributed by atoms with Crippen molar-refractivity contribution in [3.05, 3.63) is 46.6 Å².